The van der Waals surface area contributed by atoms with Gasteiger partial charge in [0.1, 0.15) is 5.75 Å². The van der Waals surface area contributed by atoms with Crippen LogP contribution in [0.1, 0.15) is 12.5 Å². The predicted molar refractivity (Wildman–Crippen MR) is 59.1 cm³/mol. The van der Waals surface area contributed by atoms with E-state index in [1.165, 1.54) is 12.1 Å². The molecular formula is C12H11NO3. The number of rotatable bonds is 1. The molecule has 0 saturated carbocycles. The molecule has 82 valence electrons. The molecule has 0 aliphatic carbocycles. The number of carbonyl (C=O) groups excluding carboxylic acids is 2. The minimum atomic E-state index is -0.370. The summed E-state index contributed by atoms with van der Waals surface area (Å²) in [6.45, 7) is 3.34. The second kappa shape index (κ2) is 3.48. The van der Waals surface area contributed by atoms with Crippen molar-refractivity contribution in [3.63, 3.8) is 0 Å². The fourth-order valence-corrected chi connectivity index (χ4v) is 1.57. The molecule has 1 aliphatic heterocycles. The van der Waals surface area contributed by atoms with Crippen LogP contribution < -0.4 is 4.90 Å². The van der Waals surface area contributed by atoms with E-state index < -0.39 is 0 Å². The summed E-state index contributed by atoms with van der Waals surface area (Å²) >= 11 is 0. The summed E-state index contributed by atoms with van der Waals surface area (Å²) in [5, 5.41) is 9.53. The number of amides is 2. The molecule has 0 spiro atoms. The van der Waals surface area contributed by atoms with Gasteiger partial charge in [0.05, 0.1) is 5.69 Å². The number of aryl methyl sites for hydroxylation is 1. The van der Waals surface area contributed by atoms with Crippen molar-refractivity contribution in [3.05, 3.63) is 35.4 Å². The molecule has 0 fully saturated rings. The van der Waals surface area contributed by atoms with Gasteiger partial charge in [-0.15, -0.1) is 0 Å². The van der Waals surface area contributed by atoms with Crippen molar-refractivity contribution in [2.24, 2.45) is 0 Å². The molecule has 1 aliphatic rings. The van der Waals surface area contributed by atoms with Gasteiger partial charge in [0.15, 0.2) is 0 Å². The molecule has 4 nitrogen and oxygen atoms in total. The number of anilines is 1. The van der Waals surface area contributed by atoms with Crippen molar-refractivity contribution in [1.29, 1.82) is 0 Å². The van der Waals surface area contributed by atoms with E-state index in [0.29, 0.717) is 16.8 Å². The number of nitrogens with zero attached hydrogens (tertiary/aromatic N) is 1. The zero-order valence-corrected chi connectivity index (χ0v) is 9.02. The standard InChI is InChI=1S/C12H11NO3/c1-7-3-4-9(6-10(7)14)13-11(15)5-8(2)12(13)16/h3-6,14H,1-2H3. The zero-order chi connectivity index (χ0) is 11.9. The number of hydrogen-bond donors (Lipinski definition) is 1. The molecule has 0 unspecified atom stereocenters. The van der Waals surface area contributed by atoms with E-state index in [1.807, 2.05) is 0 Å². The van der Waals surface area contributed by atoms with Crippen LogP contribution in [0.25, 0.3) is 0 Å². The van der Waals surface area contributed by atoms with Crippen LogP contribution in [-0.2, 0) is 9.59 Å². The maximum absolute atomic E-state index is 11.7. The van der Waals surface area contributed by atoms with Crippen LogP contribution in [0.2, 0.25) is 0 Å². The molecule has 0 aromatic heterocycles. The smallest absolute Gasteiger partial charge is 0.261 e. The highest BCUT2D eigenvalue weighted by Crippen LogP contribution is 2.27. The van der Waals surface area contributed by atoms with Gasteiger partial charge in [0, 0.05) is 17.7 Å². The Morgan fingerprint density at radius 3 is 2.38 bits per heavy atom. The Bertz CT molecular complexity index is 517. The van der Waals surface area contributed by atoms with Crippen molar-refractivity contribution < 1.29 is 14.7 Å². The lowest BCUT2D eigenvalue weighted by atomic mass is 10.2. The third-order valence-corrected chi connectivity index (χ3v) is 2.55. The summed E-state index contributed by atoms with van der Waals surface area (Å²) in [6.07, 6.45) is 1.29. The molecule has 16 heavy (non-hydrogen) atoms. The summed E-state index contributed by atoms with van der Waals surface area (Å²) in [7, 11) is 0. The van der Waals surface area contributed by atoms with Gasteiger partial charge in [-0.05, 0) is 25.5 Å². The minimum Gasteiger partial charge on any atom is -0.508 e. The van der Waals surface area contributed by atoms with Gasteiger partial charge < -0.3 is 5.11 Å². The van der Waals surface area contributed by atoms with Crippen LogP contribution in [-0.4, -0.2) is 16.9 Å². The number of phenols is 1. The van der Waals surface area contributed by atoms with Crippen molar-refractivity contribution in [2.45, 2.75) is 13.8 Å². The Balaban J connectivity index is 2.43. The third kappa shape index (κ3) is 1.48. The van der Waals surface area contributed by atoms with E-state index in [4.69, 9.17) is 0 Å². The third-order valence-electron chi connectivity index (χ3n) is 2.55. The molecule has 0 bridgehead atoms. The van der Waals surface area contributed by atoms with Crippen LogP contribution in [0.5, 0.6) is 5.75 Å². The van der Waals surface area contributed by atoms with Gasteiger partial charge in [-0.25, -0.2) is 4.90 Å². The van der Waals surface area contributed by atoms with Crippen LogP contribution >= 0.6 is 0 Å². The average molecular weight is 217 g/mol. The van der Waals surface area contributed by atoms with Gasteiger partial charge in [0.2, 0.25) is 0 Å². The second-order valence-corrected chi connectivity index (χ2v) is 3.78. The first kappa shape index (κ1) is 10.4. The lowest BCUT2D eigenvalue weighted by Gasteiger charge is -2.15. The Labute approximate surface area is 92.8 Å². The molecular weight excluding hydrogens is 206 g/mol. The molecule has 2 amide bonds. The predicted octanol–water partition coefficient (Wildman–Crippen LogP) is 1.52. The monoisotopic (exact) mass is 217 g/mol. The summed E-state index contributed by atoms with van der Waals surface area (Å²) in [4.78, 5) is 24.3. The van der Waals surface area contributed by atoms with Crippen molar-refractivity contribution in [3.8, 4) is 5.75 Å². The maximum atomic E-state index is 11.7. The van der Waals surface area contributed by atoms with E-state index in [-0.39, 0.29) is 17.6 Å². The Morgan fingerprint density at radius 2 is 1.88 bits per heavy atom. The van der Waals surface area contributed by atoms with E-state index in [1.54, 1.807) is 26.0 Å². The van der Waals surface area contributed by atoms with Gasteiger partial charge >= 0.3 is 0 Å². The highest BCUT2D eigenvalue weighted by Gasteiger charge is 2.29. The van der Waals surface area contributed by atoms with Crippen molar-refractivity contribution in [1.82, 2.24) is 0 Å². The molecule has 4 heteroatoms. The molecule has 0 saturated heterocycles. The first-order valence-electron chi connectivity index (χ1n) is 4.87. The normalized spacial score (nSPS) is 15.6. The average Bonchev–Trinajstić information content (AvgIpc) is 2.47. The number of imide groups is 1. The van der Waals surface area contributed by atoms with Crippen LogP contribution in [0, 0.1) is 6.92 Å². The lowest BCUT2D eigenvalue weighted by molar-refractivity contribution is -0.120. The minimum absolute atomic E-state index is 0.0719. The van der Waals surface area contributed by atoms with Gasteiger partial charge in [-0.3, -0.25) is 9.59 Å². The van der Waals surface area contributed by atoms with E-state index in [2.05, 4.69) is 0 Å². The van der Waals surface area contributed by atoms with Crippen LogP contribution in [0.3, 0.4) is 0 Å². The Hall–Kier alpha value is -2.10. The number of carbonyl (C=O) groups is 2. The molecule has 1 heterocycles. The van der Waals surface area contributed by atoms with Gasteiger partial charge in [-0.1, -0.05) is 6.07 Å². The number of phenolic OH excluding ortho intramolecular Hbond substituents is 1. The number of hydrogen-bond acceptors (Lipinski definition) is 3. The van der Waals surface area contributed by atoms with Crippen LogP contribution in [0.4, 0.5) is 5.69 Å². The van der Waals surface area contributed by atoms with Gasteiger partial charge in [-0.2, -0.15) is 0 Å². The van der Waals surface area contributed by atoms with Gasteiger partial charge in [0.25, 0.3) is 11.8 Å². The number of aromatic hydroxyl groups is 1. The topological polar surface area (TPSA) is 57.6 Å². The highest BCUT2D eigenvalue weighted by atomic mass is 16.3. The van der Waals surface area contributed by atoms with E-state index in [9.17, 15) is 14.7 Å². The fourth-order valence-electron chi connectivity index (χ4n) is 1.57. The first-order valence-corrected chi connectivity index (χ1v) is 4.87. The second-order valence-electron chi connectivity index (χ2n) is 3.78. The Morgan fingerprint density at radius 1 is 1.19 bits per heavy atom. The first-order chi connectivity index (χ1) is 7.50. The zero-order valence-electron chi connectivity index (χ0n) is 9.02. The summed E-state index contributed by atoms with van der Waals surface area (Å²) in [5.74, 6) is -0.637. The quantitative estimate of drug-likeness (QED) is 0.725. The Kier molecular flexibility index (Phi) is 2.27. The van der Waals surface area contributed by atoms with Crippen LogP contribution in [0.15, 0.2) is 29.8 Å². The van der Waals surface area contributed by atoms with E-state index >= 15 is 0 Å². The molecule has 1 aromatic carbocycles. The van der Waals surface area contributed by atoms with E-state index in [0.717, 1.165) is 4.90 Å². The highest BCUT2D eigenvalue weighted by molar-refractivity contribution is 6.30. The van der Waals surface area contributed by atoms with Crippen molar-refractivity contribution in [2.75, 3.05) is 4.90 Å². The summed E-state index contributed by atoms with van der Waals surface area (Å²) < 4.78 is 0. The fraction of sp³-hybridized carbons (Fsp3) is 0.167. The molecule has 1 N–H and O–H groups in total. The summed E-state index contributed by atoms with van der Waals surface area (Å²) in [6, 6.07) is 4.72. The molecule has 1 aromatic rings. The SMILES string of the molecule is CC1=CC(=O)N(c2ccc(C)c(O)c2)C1=O. The molecule has 0 atom stereocenters. The molecule has 2 rings (SSSR count). The lowest BCUT2D eigenvalue weighted by Crippen LogP contribution is -2.30. The van der Waals surface area contributed by atoms with Crippen molar-refractivity contribution >= 4 is 17.5 Å². The maximum Gasteiger partial charge on any atom is 0.261 e. The number of benzene rings is 1. The molecule has 0 radical (unpaired) electrons. The summed E-state index contributed by atoms with van der Waals surface area (Å²) in [5.41, 5.74) is 1.50. The largest absolute Gasteiger partial charge is 0.508 e.